The minimum absolute atomic E-state index is 0.00579. The molecule has 1 aromatic carbocycles. The Morgan fingerprint density at radius 1 is 1.17 bits per heavy atom. The molecule has 1 fully saturated rings. The monoisotopic (exact) mass is 350 g/mol. The zero-order valence-corrected chi connectivity index (χ0v) is 14.8. The Morgan fingerprint density at radius 2 is 1.83 bits per heavy atom. The molecule has 0 atom stereocenters. The number of nitrogens with zero attached hydrogens (tertiary/aromatic N) is 2. The number of oxazole rings is 1. The number of aromatic nitrogens is 1. The number of benzene rings is 1. The Morgan fingerprint density at radius 3 is 2.46 bits per heavy atom. The van der Waals surface area contributed by atoms with Gasteiger partial charge in [-0.3, -0.25) is 0 Å². The summed E-state index contributed by atoms with van der Waals surface area (Å²) >= 11 is 0. The molecule has 2 heterocycles. The lowest BCUT2D eigenvalue weighted by Crippen LogP contribution is -2.36. The van der Waals surface area contributed by atoms with E-state index < -0.39 is 9.84 Å². The first-order chi connectivity index (χ1) is 11.5. The Kier molecular flexibility index (Phi) is 4.91. The van der Waals surface area contributed by atoms with Crippen molar-refractivity contribution in [2.75, 3.05) is 31.2 Å². The van der Waals surface area contributed by atoms with Gasteiger partial charge < -0.3 is 14.1 Å². The first-order valence-electron chi connectivity index (χ1n) is 8.11. The second-order valence-corrected chi connectivity index (χ2v) is 8.10. The van der Waals surface area contributed by atoms with Crippen molar-refractivity contribution in [1.82, 2.24) is 4.98 Å². The van der Waals surface area contributed by atoms with Gasteiger partial charge in [0.15, 0.2) is 5.89 Å². The van der Waals surface area contributed by atoms with Crippen molar-refractivity contribution in [2.24, 2.45) is 5.92 Å². The van der Waals surface area contributed by atoms with Crippen LogP contribution in [-0.2, 0) is 21.0 Å². The van der Waals surface area contributed by atoms with Gasteiger partial charge in [0.05, 0.1) is 18.1 Å². The van der Waals surface area contributed by atoms with Crippen LogP contribution in [0, 0.1) is 5.92 Å². The molecule has 0 saturated carbocycles. The SMILES string of the molecule is CC(C)Cc1nc(S(=O)(=O)c2ccccc2)c(N2CCOCC2)o1. The molecule has 0 N–H and O–H groups in total. The van der Waals surface area contributed by atoms with Crippen molar-refractivity contribution in [2.45, 2.75) is 30.2 Å². The molecule has 1 aliphatic heterocycles. The number of ether oxygens (including phenoxy) is 1. The Labute approximate surface area is 142 Å². The van der Waals surface area contributed by atoms with Gasteiger partial charge in [0.2, 0.25) is 20.7 Å². The van der Waals surface area contributed by atoms with Crippen LogP contribution in [0.2, 0.25) is 0 Å². The molecule has 6 nitrogen and oxygen atoms in total. The van der Waals surface area contributed by atoms with E-state index in [-0.39, 0.29) is 9.92 Å². The van der Waals surface area contributed by atoms with E-state index in [0.29, 0.717) is 50.4 Å². The number of morpholine rings is 1. The van der Waals surface area contributed by atoms with E-state index in [1.54, 1.807) is 30.3 Å². The highest BCUT2D eigenvalue weighted by atomic mass is 32.2. The Balaban J connectivity index is 2.06. The van der Waals surface area contributed by atoms with Crippen LogP contribution in [0.3, 0.4) is 0 Å². The van der Waals surface area contributed by atoms with E-state index in [2.05, 4.69) is 4.98 Å². The summed E-state index contributed by atoms with van der Waals surface area (Å²) in [4.78, 5) is 6.46. The summed E-state index contributed by atoms with van der Waals surface area (Å²) in [6, 6.07) is 8.35. The molecular formula is C17H22N2O4S. The molecule has 0 spiro atoms. The largest absolute Gasteiger partial charge is 0.424 e. The third-order valence-electron chi connectivity index (χ3n) is 3.81. The Bertz CT molecular complexity index is 778. The van der Waals surface area contributed by atoms with Crippen LogP contribution in [-0.4, -0.2) is 39.7 Å². The van der Waals surface area contributed by atoms with Crippen molar-refractivity contribution in [3.05, 3.63) is 36.2 Å². The topological polar surface area (TPSA) is 72.6 Å². The minimum atomic E-state index is -3.72. The lowest BCUT2D eigenvalue weighted by atomic mass is 10.1. The van der Waals surface area contributed by atoms with Gasteiger partial charge in [-0.1, -0.05) is 32.0 Å². The van der Waals surface area contributed by atoms with Crippen molar-refractivity contribution >= 4 is 15.7 Å². The average molecular weight is 350 g/mol. The van der Waals surface area contributed by atoms with Gasteiger partial charge in [-0.15, -0.1) is 0 Å². The second-order valence-electron chi connectivity index (χ2n) is 6.23. The zero-order chi connectivity index (χ0) is 17.2. The fraction of sp³-hybridized carbons (Fsp3) is 0.471. The minimum Gasteiger partial charge on any atom is -0.424 e. The molecule has 1 saturated heterocycles. The number of sulfone groups is 1. The van der Waals surface area contributed by atoms with E-state index in [1.165, 1.54) is 0 Å². The molecule has 1 aliphatic rings. The highest BCUT2D eigenvalue weighted by Gasteiger charge is 2.31. The summed E-state index contributed by atoms with van der Waals surface area (Å²) in [5.41, 5.74) is 0. The number of hydrogen-bond donors (Lipinski definition) is 0. The van der Waals surface area contributed by atoms with Gasteiger partial charge in [-0.05, 0) is 18.1 Å². The smallest absolute Gasteiger partial charge is 0.236 e. The molecule has 0 aliphatic carbocycles. The van der Waals surface area contributed by atoms with Crippen LogP contribution >= 0.6 is 0 Å². The van der Waals surface area contributed by atoms with Crippen LogP contribution in [0.5, 0.6) is 0 Å². The Hall–Kier alpha value is -1.86. The molecule has 0 unspecified atom stereocenters. The van der Waals surface area contributed by atoms with E-state index in [9.17, 15) is 8.42 Å². The van der Waals surface area contributed by atoms with Crippen LogP contribution in [0.25, 0.3) is 0 Å². The van der Waals surface area contributed by atoms with Crippen LogP contribution in [0.15, 0.2) is 44.7 Å². The maximum absolute atomic E-state index is 13.0. The highest BCUT2D eigenvalue weighted by molar-refractivity contribution is 7.91. The molecule has 0 radical (unpaired) electrons. The molecule has 1 aromatic heterocycles. The van der Waals surface area contributed by atoms with E-state index in [1.807, 2.05) is 18.7 Å². The van der Waals surface area contributed by atoms with Crippen molar-refractivity contribution in [1.29, 1.82) is 0 Å². The van der Waals surface area contributed by atoms with Gasteiger partial charge in [-0.25, -0.2) is 8.42 Å². The predicted molar refractivity (Wildman–Crippen MR) is 90.0 cm³/mol. The van der Waals surface area contributed by atoms with Crippen LogP contribution in [0.1, 0.15) is 19.7 Å². The molecule has 0 bridgehead atoms. The molecule has 24 heavy (non-hydrogen) atoms. The van der Waals surface area contributed by atoms with Crippen LogP contribution < -0.4 is 4.90 Å². The zero-order valence-electron chi connectivity index (χ0n) is 13.9. The van der Waals surface area contributed by atoms with Gasteiger partial charge >= 0.3 is 0 Å². The quantitative estimate of drug-likeness (QED) is 0.825. The predicted octanol–water partition coefficient (Wildman–Crippen LogP) is 2.54. The summed E-state index contributed by atoms with van der Waals surface area (Å²) in [5.74, 6) is 1.12. The van der Waals surface area contributed by atoms with Crippen molar-refractivity contribution in [3.8, 4) is 0 Å². The van der Waals surface area contributed by atoms with E-state index in [0.717, 1.165) is 0 Å². The lowest BCUT2D eigenvalue weighted by Gasteiger charge is -2.26. The molecule has 130 valence electrons. The molecule has 2 aromatic rings. The molecule has 3 rings (SSSR count). The number of anilines is 1. The van der Waals surface area contributed by atoms with Crippen molar-refractivity contribution < 1.29 is 17.6 Å². The fourth-order valence-electron chi connectivity index (χ4n) is 2.63. The molecule has 7 heteroatoms. The summed E-state index contributed by atoms with van der Waals surface area (Å²) in [5, 5.41) is 0.00579. The van der Waals surface area contributed by atoms with Crippen LogP contribution in [0.4, 0.5) is 5.88 Å². The summed E-state index contributed by atoms with van der Waals surface area (Å²) in [6.07, 6.45) is 0.599. The molecular weight excluding hydrogens is 328 g/mol. The summed E-state index contributed by atoms with van der Waals surface area (Å²) < 4.78 is 37.2. The van der Waals surface area contributed by atoms with Gasteiger partial charge in [0.1, 0.15) is 0 Å². The fourth-order valence-corrected chi connectivity index (χ4v) is 3.99. The summed E-state index contributed by atoms with van der Waals surface area (Å²) in [6.45, 7) is 6.37. The summed E-state index contributed by atoms with van der Waals surface area (Å²) in [7, 11) is -3.72. The molecule has 0 amide bonds. The van der Waals surface area contributed by atoms with Gasteiger partial charge in [0.25, 0.3) is 0 Å². The first-order valence-corrected chi connectivity index (χ1v) is 9.59. The highest BCUT2D eigenvalue weighted by Crippen LogP contribution is 2.32. The number of hydrogen-bond acceptors (Lipinski definition) is 6. The number of rotatable bonds is 5. The lowest BCUT2D eigenvalue weighted by molar-refractivity contribution is 0.120. The third kappa shape index (κ3) is 3.47. The first kappa shape index (κ1) is 17.0. The maximum atomic E-state index is 13.0. The van der Waals surface area contributed by atoms with Gasteiger partial charge in [0, 0.05) is 19.5 Å². The average Bonchev–Trinajstić information content (AvgIpc) is 3.00. The van der Waals surface area contributed by atoms with Crippen molar-refractivity contribution in [3.63, 3.8) is 0 Å². The van der Waals surface area contributed by atoms with E-state index >= 15 is 0 Å². The van der Waals surface area contributed by atoms with Gasteiger partial charge in [-0.2, -0.15) is 4.98 Å². The van der Waals surface area contributed by atoms with E-state index in [4.69, 9.17) is 9.15 Å². The standard InChI is InChI=1S/C17H22N2O4S/c1-13(2)12-15-18-16(17(23-15)19-8-10-22-11-9-19)24(20,21)14-6-4-3-5-7-14/h3-7,13H,8-12H2,1-2H3. The normalized spacial score (nSPS) is 15.9. The third-order valence-corrected chi connectivity index (χ3v) is 5.48. The second kappa shape index (κ2) is 6.94. The maximum Gasteiger partial charge on any atom is 0.236 e.